The van der Waals surface area contributed by atoms with E-state index in [4.69, 9.17) is 4.98 Å². The van der Waals surface area contributed by atoms with E-state index >= 15 is 0 Å². The molecular weight excluding hydrogens is 252 g/mol. The van der Waals surface area contributed by atoms with Crippen LogP contribution in [-0.4, -0.2) is 18.1 Å². The molecule has 2 nitrogen and oxygen atoms in total. The largest absolute Gasteiger partial charge is 0.317 e. The molecular formula is C16H22N2S. The van der Waals surface area contributed by atoms with Gasteiger partial charge in [-0.3, -0.25) is 0 Å². The zero-order chi connectivity index (χ0) is 13.7. The summed E-state index contributed by atoms with van der Waals surface area (Å²) >= 11 is 1.86. The van der Waals surface area contributed by atoms with E-state index < -0.39 is 0 Å². The van der Waals surface area contributed by atoms with Crippen LogP contribution in [0.15, 0.2) is 30.3 Å². The minimum absolute atomic E-state index is 0.500. The van der Waals surface area contributed by atoms with Gasteiger partial charge in [0.25, 0.3) is 0 Å². The molecule has 0 saturated carbocycles. The quantitative estimate of drug-likeness (QED) is 0.803. The normalized spacial score (nSPS) is 11.2. The molecule has 0 aliphatic heterocycles. The van der Waals surface area contributed by atoms with Crippen LogP contribution in [0.25, 0.3) is 11.3 Å². The highest BCUT2D eigenvalue weighted by atomic mass is 32.1. The number of aromatic nitrogens is 1. The van der Waals surface area contributed by atoms with Crippen molar-refractivity contribution in [2.45, 2.75) is 33.1 Å². The van der Waals surface area contributed by atoms with E-state index in [2.05, 4.69) is 56.4 Å². The zero-order valence-corrected chi connectivity index (χ0v) is 12.8. The van der Waals surface area contributed by atoms with Crippen LogP contribution in [0.5, 0.6) is 0 Å². The fourth-order valence-electron chi connectivity index (χ4n) is 1.99. The van der Waals surface area contributed by atoms with Crippen LogP contribution in [-0.2, 0) is 6.42 Å². The van der Waals surface area contributed by atoms with Crippen molar-refractivity contribution in [2.24, 2.45) is 0 Å². The third-order valence-electron chi connectivity index (χ3n) is 3.03. The number of nitrogens with one attached hydrogen (secondary N) is 1. The van der Waals surface area contributed by atoms with E-state index in [1.165, 1.54) is 21.1 Å². The van der Waals surface area contributed by atoms with Gasteiger partial charge in [0.1, 0.15) is 0 Å². The van der Waals surface area contributed by atoms with Crippen LogP contribution >= 0.6 is 11.3 Å². The smallest absolute Gasteiger partial charge is 0.0960 e. The Kier molecular flexibility index (Phi) is 5.11. The monoisotopic (exact) mass is 274 g/mol. The SMILES string of the molecule is CCNCCc1sc(C(C)C)nc1-c1ccccc1. The molecule has 0 aliphatic carbocycles. The van der Waals surface area contributed by atoms with Crippen molar-refractivity contribution >= 4 is 11.3 Å². The van der Waals surface area contributed by atoms with Crippen molar-refractivity contribution in [1.82, 2.24) is 10.3 Å². The molecule has 0 radical (unpaired) electrons. The standard InChI is InChI=1S/C16H22N2S/c1-4-17-11-10-14-15(13-8-6-5-7-9-13)18-16(19-14)12(2)3/h5-9,12,17H,4,10-11H2,1-3H3. The second-order valence-corrected chi connectivity index (χ2v) is 6.06. The maximum absolute atomic E-state index is 4.85. The predicted molar refractivity (Wildman–Crippen MR) is 83.9 cm³/mol. The lowest BCUT2D eigenvalue weighted by Gasteiger charge is -2.03. The molecule has 0 spiro atoms. The van der Waals surface area contributed by atoms with Crippen molar-refractivity contribution in [3.05, 3.63) is 40.2 Å². The minimum atomic E-state index is 0.500. The van der Waals surface area contributed by atoms with Gasteiger partial charge in [0.15, 0.2) is 0 Å². The number of likely N-dealkylation sites (N-methyl/N-ethyl adjacent to an activating group) is 1. The molecule has 0 fully saturated rings. The second-order valence-electron chi connectivity index (χ2n) is 4.95. The Balaban J connectivity index is 2.29. The van der Waals surface area contributed by atoms with Gasteiger partial charge >= 0.3 is 0 Å². The van der Waals surface area contributed by atoms with E-state index in [0.29, 0.717) is 5.92 Å². The minimum Gasteiger partial charge on any atom is -0.317 e. The van der Waals surface area contributed by atoms with Crippen molar-refractivity contribution in [2.75, 3.05) is 13.1 Å². The maximum Gasteiger partial charge on any atom is 0.0960 e. The lowest BCUT2D eigenvalue weighted by molar-refractivity contribution is 0.721. The first-order chi connectivity index (χ1) is 9.22. The fraction of sp³-hybridized carbons (Fsp3) is 0.438. The Morgan fingerprint density at radius 1 is 1.21 bits per heavy atom. The molecule has 19 heavy (non-hydrogen) atoms. The number of benzene rings is 1. The summed E-state index contributed by atoms with van der Waals surface area (Å²) in [7, 11) is 0. The molecule has 3 heteroatoms. The van der Waals surface area contributed by atoms with Crippen molar-refractivity contribution in [3.63, 3.8) is 0 Å². The summed E-state index contributed by atoms with van der Waals surface area (Å²) in [5, 5.41) is 4.63. The molecule has 1 aromatic heterocycles. The fourth-order valence-corrected chi connectivity index (χ4v) is 3.08. The Bertz CT molecular complexity index is 503. The van der Waals surface area contributed by atoms with Crippen LogP contribution in [0.4, 0.5) is 0 Å². The summed E-state index contributed by atoms with van der Waals surface area (Å²) in [6.45, 7) is 8.61. The van der Waals surface area contributed by atoms with E-state index in [-0.39, 0.29) is 0 Å². The maximum atomic E-state index is 4.85. The lowest BCUT2D eigenvalue weighted by Crippen LogP contribution is -2.15. The average molecular weight is 274 g/mol. The molecule has 0 unspecified atom stereocenters. The molecule has 0 amide bonds. The van der Waals surface area contributed by atoms with Crippen LogP contribution in [0.2, 0.25) is 0 Å². The van der Waals surface area contributed by atoms with Gasteiger partial charge in [0.2, 0.25) is 0 Å². The highest BCUT2D eigenvalue weighted by molar-refractivity contribution is 7.12. The Morgan fingerprint density at radius 2 is 1.95 bits per heavy atom. The summed E-state index contributed by atoms with van der Waals surface area (Å²) in [6, 6.07) is 10.5. The summed E-state index contributed by atoms with van der Waals surface area (Å²) in [5.74, 6) is 0.500. The molecule has 2 rings (SSSR count). The highest BCUT2D eigenvalue weighted by Gasteiger charge is 2.14. The molecule has 1 heterocycles. The first-order valence-corrected chi connectivity index (χ1v) is 7.79. The predicted octanol–water partition coefficient (Wildman–Crippen LogP) is 4.09. The van der Waals surface area contributed by atoms with E-state index in [1.807, 2.05) is 11.3 Å². The summed E-state index contributed by atoms with van der Waals surface area (Å²) in [5.41, 5.74) is 2.41. The van der Waals surface area contributed by atoms with Gasteiger partial charge in [-0.25, -0.2) is 4.98 Å². The second kappa shape index (κ2) is 6.83. The van der Waals surface area contributed by atoms with Gasteiger partial charge in [-0.2, -0.15) is 0 Å². The Labute approximate surface area is 119 Å². The number of thiazole rings is 1. The first kappa shape index (κ1) is 14.2. The third kappa shape index (κ3) is 3.64. The average Bonchev–Trinajstić information content (AvgIpc) is 2.84. The first-order valence-electron chi connectivity index (χ1n) is 6.98. The topological polar surface area (TPSA) is 24.9 Å². The van der Waals surface area contributed by atoms with Crippen LogP contribution in [0, 0.1) is 0 Å². The lowest BCUT2D eigenvalue weighted by atomic mass is 10.1. The summed E-state index contributed by atoms with van der Waals surface area (Å²) in [4.78, 5) is 6.25. The molecule has 102 valence electrons. The number of hydrogen-bond acceptors (Lipinski definition) is 3. The van der Waals surface area contributed by atoms with Gasteiger partial charge in [-0.15, -0.1) is 11.3 Å². The van der Waals surface area contributed by atoms with E-state index in [0.717, 1.165) is 19.5 Å². The van der Waals surface area contributed by atoms with Crippen LogP contribution in [0.3, 0.4) is 0 Å². The number of hydrogen-bond donors (Lipinski definition) is 1. The molecule has 0 bridgehead atoms. The van der Waals surface area contributed by atoms with Gasteiger partial charge in [-0.05, 0) is 13.0 Å². The third-order valence-corrected chi connectivity index (χ3v) is 4.45. The summed E-state index contributed by atoms with van der Waals surface area (Å²) in [6.07, 6.45) is 1.06. The summed E-state index contributed by atoms with van der Waals surface area (Å²) < 4.78 is 0. The molecule has 1 aromatic carbocycles. The number of nitrogens with zero attached hydrogens (tertiary/aromatic N) is 1. The van der Waals surface area contributed by atoms with E-state index in [1.54, 1.807) is 0 Å². The van der Waals surface area contributed by atoms with Crippen molar-refractivity contribution < 1.29 is 0 Å². The van der Waals surface area contributed by atoms with Gasteiger partial charge < -0.3 is 5.32 Å². The highest BCUT2D eigenvalue weighted by Crippen LogP contribution is 2.31. The zero-order valence-electron chi connectivity index (χ0n) is 11.9. The Hall–Kier alpha value is -1.19. The molecule has 1 N–H and O–H groups in total. The van der Waals surface area contributed by atoms with E-state index in [9.17, 15) is 0 Å². The molecule has 2 aromatic rings. The van der Waals surface area contributed by atoms with Gasteiger partial charge in [-0.1, -0.05) is 51.1 Å². The number of rotatable bonds is 6. The van der Waals surface area contributed by atoms with Crippen molar-refractivity contribution in [3.8, 4) is 11.3 Å². The molecule has 0 aliphatic rings. The Morgan fingerprint density at radius 3 is 2.58 bits per heavy atom. The van der Waals surface area contributed by atoms with Gasteiger partial charge in [0, 0.05) is 22.9 Å². The van der Waals surface area contributed by atoms with Crippen LogP contribution < -0.4 is 5.32 Å². The molecule has 0 saturated heterocycles. The molecule has 0 atom stereocenters. The van der Waals surface area contributed by atoms with Crippen molar-refractivity contribution in [1.29, 1.82) is 0 Å². The van der Waals surface area contributed by atoms with Crippen LogP contribution in [0.1, 0.15) is 36.6 Å². The van der Waals surface area contributed by atoms with Gasteiger partial charge in [0.05, 0.1) is 10.7 Å².